The van der Waals surface area contributed by atoms with Crippen molar-refractivity contribution in [3.8, 4) is 0 Å². The molecule has 0 unspecified atom stereocenters. The molecule has 5 nitrogen and oxygen atoms in total. The fraction of sp³-hybridized carbons (Fsp3) is 0. The van der Waals surface area contributed by atoms with Crippen molar-refractivity contribution < 1.29 is 14.7 Å². The highest BCUT2D eigenvalue weighted by molar-refractivity contribution is 6.54. The summed E-state index contributed by atoms with van der Waals surface area (Å²) in [4.78, 5) is 26.9. The number of aliphatic imine (C=N–C) groups is 1. The van der Waals surface area contributed by atoms with E-state index in [4.69, 9.17) is 11.6 Å². The smallest absolute Gasteiger partial charge is 0.275 e. The molecule has 0 spiro atoms. The van der Waals surface area contributed by atoms with E-state index in [2.05, 4.69) is 10.3 Å². The number of carboxylic acid groups (broad SMARTS) is 1. The van der Waals surface area contributed by atoms with E-state index < -0.39 is 5.97 Å². The van der Waals surface area contributed by atoms with Crippen LogP contribution in [0.1, 0.15) is 15.9 Å². The highest BCUT2D eigenvalue weighted by Crippen LogP contribution is 2.28. The average Bonchev–Trinajstić information content (AvgIpc) is 2.76. The topological polar surface area (TPSA) is 81.6 Å². The molecule has 0 saturated carbocycles. The second-order valence-corrected chi connectivity index (χ2v) is 4.88. The van der Waals surface area contributed by atoms with Crippen LogP contribution in [-0.4, -0.2) is 17.6 Å². The summed E-state index contributed by atoms with van der Waals surface area (Å²) in [6, 6.07) is 10.8. The zero-order chi connectivity index (χ0) is 15.0. The van der Waals surface area contributed by atoms with Gasteiger partial charge < -0.3 is 15.2 Å². The number of carboxylic acids is 1. The first kappa shape index (κ1) is 13.3. The summed E-state index contributed by atoms with van der Waals surface area (Å²) in [6.07, 6.45) is 0. The van der Waals surface area contributed by atoms with Crippen LogP contribution >= 0.6 is 11.6 Å². The Kier molecular flexibility index (Phi) is 3.19. The number of carbonyl (C=O) groups is 2. The number of amides is 1. The number of benzene rings is 2. The fourth-order valence-electron chi connectivity index (χ4n) is 2.04. The lowest BCUT2D eigenvalue weighted by Crippen LogP contribution is -2.21. The Labute approximate surface area is 124 Å². The Hall–Kier alpha value is -2.66. The van der Waals surface area contributed by atoms with Crippen LogP contribution in [0.2, 0.25) is 5.02 Å². The van der Waals surface area contributed by atoms with E-state index in [9.17, 15) is 14.7 Å². The van der Waals surface area contributed by atoms with Gasteiger partial charge in [0.05, 0.1) is 17.3 Å². The van der Waals surface area contributed by atoms with Gasteiger partial charge in [-0.25, -0.2) is 4.99 Å². The maximum Gasteiger partial charge on any atom is 0.275 e. The summed E-state index contributed by atoms with van der Waals surface area (Å²) < 4.78 is 0. The molecule has 2 aromatic rings. The second-order valence-electron chi connectivity index (χ2n) is 4.44. The van der Waals surface area contributed by atoms with Crippen molar-refractivity contribution >= 4 is 40.6 Å². The number of aromatic carboxylic acids is 1. The maximum atomic E-state index is 11.9. The molecule has 1 amide bonds. The summed E-state index contributed by atoms with van der Waals surface area (Å²) in [6.45, 7) is 0. The van der Waals surface area contributed by atoms with E-state index in [0.717, 1.165) is 0 Å². The first-order chi connectivity index (χ1) is 10.0. The van der Waals surface area contributed by atoms with Gasteiger partial charge >= 0.3 is 0 Å². The second kappa shape index (κ2) is 5.03. The zero-order valence-corrected chi connectivity index (χ0v) is 11.3. The van der Waals surface area contributed by atoms with Gasteiger partial charge in [0, 0.05) is 10.6 Å². The fourth-order valence-corrected chi connectivity index (χ4v) is 2.21. The van der Waals surface area contributed by atoms with Crippen molar-refractivity contribution in [2.45, 2.75) is 0 Å². The number of hydrogen-bond donors (Lipinski definition) is 1. The molecular weight excluding hydrogens is 292 g/mol. The Balaban J connectivity index is 2.02. The lowest BCUT2D eigenvalue weighted by atomic mass is 10.1. The van der Waals surface area contributed by atoms with Gasteiger partial charge in [0.25, 0.3) is 5.91 Å². The van der Waals surface area contributed by atoms with Gasteiger partial charge in [-0.05, 0) is 35.9 Å². The summed E-state index contributed by atoms with van der Waals surface area (Å²) in [7, 11) is 0. The summed E-state index contributed by atoms with van der Waals surface area (Å²) >= 11 is 5.93. The first-order valence-electron chi connectivity index (χ1n) is 6.06. The highest BCUT2D eigenvalue weighted by Gasteiger charge is 2.26. The highest BCUT2D eigenvalue weighted by atomic mass is 35.5. The normalized spacial score (nSPS) is 14.9. The van der Waals surface area contributed by atoms with Crippen LogP contribution in [0.5, 0.6) is 0 Å². The standard InChI is InChI=1S/C15H9ClN2O3/c16-9-3-6-12-11(7-9)13(14(19)18-12)17-10-4-1-8(2-5-10)15(20)21/h1-7H,(H,20,21)(H,17,18,19)/p-1. The van der Waals surface area contributed by atoms with Gasteiger partial charge in [0.1, 0.15) is 5.71 Å². The van der Waals surface area contributed by atoms with Crippen LogP contribution in [0.3, 0.4) is 0 Å². The van der Waals surface area contributed by atoms with E-state index in [-0.39, 0.29) is 17.2 Å². The summed E-state index contributed by atoms with van der Waals surface area (Å²) in [5, 5.41) is 13.9. The molecule has 3 rings (SSSR count). The molecule has 0 bridgehead atoms. The number of halogens is 1. The third-order valence-electron chi connectivity index (χ3n) is 3.04. The number of nitrogens with zero attached hydrogens (tertiary/aromatic N) is 1. The van der Waals surface area contributed by atoms with Crippen LogP contribution in [0.25, 0.3) is 0 Å². The van der Waals surface area contributed by atoms with E-state index in [0.29, 0.717) is 22.0 Å². The molecule has 0 fully saturated rings. The zero-order valence-electron chi connectivity index (χ0n) is 10.6. The Morgan fingerprint density at radius 2 is 1.86 bits per heavy atom. The van der Waals surface area contributed by atoms with Gasteiger partial charge in [0.2, 0.25) is 0 Å². The number of rotatable bonds is 2. The predicted molar refractivity (Wildman–Crippen MR) is 77.1 cm³/mol. The van der Waals surface area contributed by atoms with Crippen LogP contribution in [0.4, 0.5) is 11.4 Å². The first-order valence-corrected chi connectivity index (χ1v) is 6.44. The number of nitrogens with one attached hydrogen (secondary N) is 1. The van der Waals surface area contributed by atoms with E-state index in [1.54, 1.807) is 18.2 Å². The van der Waals surface area contributed by atoms with Crippen LogP contribution in [-0.2, 0) is 4.79 Å². The Bertz CT molecular complexity index is 782. The molecule has 1 aliphatic rings. The van der Waals surface area contributed by atoms with Gasteiger partial charge in [-0.1, -0.05) is 23.7 Å². The largest absolute Gasteiger partial charge is 0.545 e. The van der Waals surface area contributed by atoms with E-state index in [1.165, 1.54) is 24.3 Å². The monoisotopic (exact) mass is 299 g/mol. The van der Waals surface area contributed by atoms with Crippen molar-refractivity contribution in [2.24, 2.45) is 4.99 Å². The molecule has 0 aliphatic carbocycles. The van der Waals surface area contributed by atoms with Crippen LogP contribution in [0.15, 0.2) is 47.5 Å². The molecule has 2 aromatic carbocycles. The molecule has 0 atom stereocenters. The number of fused-ring (bicyclic) bond motifs is 1. The molecule has 1 aliphatic heterocycles. The minimum atomic E-state index is -1.26. The SMILES string of the molecule is O=C1Nc2ccc(Cl)cc2C1=Nc1ccc(C(=O)[O-])cc1. The van der Waals surface area contributed by atoms with Crippen LogP contribution < -0.4 is 10.4 Å². The predicted octanol–water partition coefficient (Wildman–Crippen LogP) is 1.78. The lowest BCUT2D eigenvalue weighted by molar-refractivity contribution is -0.255. The van der Waals surface area contributed by atoms with Crippen molar-refractivity contribution in [1.82, 2.24) is 0 Å². The number of carbonyl (C=O) groups excluding carboxylic acids is 2. The van der Waals surface area contributed by atoms with Gasteiger partial charge in [-0.2, -0.15) is 0 Å². The third-order valence-corrected chi connectivity index (χ3v) is 3.28. The Morgan fingerprint density at radius 1 is 1.14 bits per heavy atom. The third kappa shape index (κ3) is 2.51. The quantitative estimate of drug-likeness (QED) is 0.917. The number of hydrogen-bond acceptors (Lipinski definition) is 4. The molecule has 0 saturated heterocycles. The lowest BCUT2D eigenvalue weighted by Gasteiger charge is -2.02. The van der Waals surface area contributed by atoms with Gasteiger partial charge in [0.15, 0.2) is 0 Å². The summed E-state index contributed by atoms with van der Waals surface area (Å²) in [5.74, 6) is -1.58. The average molecular weight is 300 g/mol. The molecule has 6 heteroatoms. The minimum absolute atomic E-state index is 0.0540. The molecule has 104 valence electrons. The van der Waals surface area contributed by atoms with Crippen molar-refractivity contribution in [2.75, 3.05) is 5.32 Å². The van der Waals surface area contributed by atoms with Crippen LogP contribution in [0, 0.1) is 0 Å². The van der Waals surface area contributed by atoms with Gasteiger partial charge in [-0.15, -0.1) is 0 Å². The van der Waals surface area contributed by atoms with E-state index >= 15 is 0 Å². The van der Waals surface area contributed by atoms with Crippen molar-refractivity contribution in [1.29, 1.82) is 0 Å². The molecule has 0 aromatic heterocycles. The minimum Gasteiger partial charge on any atom is -0.545 e. The Morgan fingerprint density at radius 3 is 2.52 bits per heavy atom. The molecular formula is C15H8ClN2O3-. The van der Waals surface area contributed by atoms with Crippen molar-refractivity contribution in [3.05, 3.63) is 58.6 Å². The van der Waals surface area contributed by atoms with E-state index in [1.807, 2.05) is 0 Å². The van der Waals surface area contributed by atoms with Crippen molar-refractivity contribution in [3.63, 3.8) is 0 Å². The number of anilines is 1. The molecule has 1 N–H and O–H groups in total. The van der Waals surface area contributed by atoms with Gasteiger partial charge in [-0.3, -0.25) is 4.79 Å². The summed E-state index contributed by atoms with van der Waals surface area (Å²) in [5.41, 5.74) is 2.04. The molecule has 1 heterocycles. The maximum absolute atomic E-state index is 11.9. The molecule has 21 heavy (non-hydrogen) atoms. The molecule has 0 radical (unpaired) electrons.